The molecule has 212 valence electrons. The van der Waals surface area contributed by atoms with Crippen molar-refractivity contribution in [2.45, 2.75) is 131 Å². The molecule has 1 aliphatic carbocycles. The van der Waals surface area contributed by atoms with Gasteiger partial charge in [0.25, 0.3) is 0 Å². The minimum absolute atomic E-state index is 0. The van der Waals surface area contributed by atoms with Crippen LogP contribution in [0.15, 0.2) is 38.8 Å². The van der Waals surface area contributed by atoms with Gasteiger partial charge >= 0.3 is 227 Å². The Morgan fingerprint density at radius 1 is 0.784 bits per heavy atom. The number of rotatable bonds is 16. The first kappa shape index (κ1) is 36.9. The molecule has 0 amide bonds. The number of hydrogen-bond acceptors (Lipinski definition) is 1. The summed E-state index contributed by atoms with van der Waals surface area (Å²) < 4.78 is 8.63. The molecule has 1 aromatic carbocycles. The van der Waals surface area contributed by atoms with Crippen LogP contribution in [0.5, 0.6) is 5.75 Å². The first-order valence-electron chi connectivity index (χ1n) is 14.6. The molecule has 0 N–H and O–H groups in total. The summed E-state index contributed by atoms with van der Waals surface area (Å²) in [5.74, 6) is 1.69. The second-order valence-corrected chi connectivity index (χ2v) is 19.3. The number of allylic oxidation sites excluding steroid dienone is 4. The molecule has 0 bridgehead atoms. The Kier molecular flexibility index (Phi) is 18.2. The van der Waals surface area contributed by atoms with Gasteiger partial charge in [0.05, 0.1) is 0 Å². The summed E-state index contributed by atoms with van der Waals surface area (Å²) in [4.78, 5) is 4.85. The van der Waals surface area contributed by atoms with Crippen LogP contribution in [0.4, 0.5) is 0 Å². The zero-order chi connectivity index (χ0) is 26.0. The fourth-order valence-electron chi connectivity index (χ4n) is 5.47. The van der Waals surface area contributed by atoms with Gasteiger partial charge in [0.1, 0.15) is 0 Å². The third kappa shape index (κ3) is 10.8. The van der Waals surface area contributed by atoms with Crippen LogP contribution in [0.25, 0.3) is 0 Å². The van der Waals surface area contributed by atoms with Crippen molar-refractivity contribution in [1.29, 1.82) is 0 Å². The van der Waals surface area contributed by atoms with Gasteiger partial charge in [-0.15, -0.1) is 24.8 Å². The maximum absolute atomic E-state index is 6.93. The van der Waals surface area contributed by atoms with Crippen molar-refractivity contribution in [3.63, 3.8) is 0 Å². The van der Waals surface area contributed by atoms with Crippen molar-refractivity contribution in [3.8, 4) is 5.75 Å². The molecule has 0 heterocycles. The molecule has 1 unspecified atom stereocenters. The van der Waals surface area contributed by atoms with Gasteiger partial charge < -0.3 is 0 Å². The van der Waals surface area contributed by atoms with Gasteiger partial charge in [0.15, 0.2) is 0 Å². The van der Waals surface area contributed by atoms with E-state index in [2.05, 4.69) is 72.5 Å². The SMILES string of the molecule is Cl.Cl.[CH2]=[Ti]([O]c1cc(C)cc([Si](C)(C)C)c1)[C]1=C(CCCC)C(CCCC)=C(CCCC)C1CCCC. The zero-order valence-electron chi connectivity index (χ0n) is 25.2. The number of aryl methyl sites for hydroxylation is 1. The van der Waals surface area contributed by atoms with E-state index in [9.17, 15) is 0 Å². The average Bonchev–Trinajstić information content (AvgIpc) is 3.09. The van der Waals surface area contributed by atoms with Gasteiger partial charge in [-0.25, -0.2) is 0 Å². The van der Waals surface area contributed by atoms with Gasteiger partial charge in [0.2, 0.25) is 0 Å². The molecule has 0 spiro atoms. The zero-order valence-corrected chi connectivity index (χ0v) is 29.4. The molecular weight excluding hydrogens is 547 g/mol. The van der Waals surface area contributed by atoms with Crippen molar-refractivity contribution < 1.29 is 21.1 Å². The van der Waals surface area contributed by atoms with E-state index in [-0.39, 0.29) is 24.8 Å². The van der Waals surface area contributed by atoms with Crippen LogP contribution >= 0.6 is 24.8 Å². The molecule has 0 aromatic heterocycles. The van der Waals surface area contributed by atoms with E-state index in [1.807, 2.05) is 0 Å². The summed E-state index contributed by atoms with van der Waals surface area (Å²) in [5, 5.41) is 1.50. The molecule has 0 saturated carbocycles. The summed E-state index contributed by atoms with van der Waals surface area (Å²) in [7, 11) is -1.39. The van der Waals surface area contributed by atoms with Gasteiger partial charge in [-0.1, -0.05) is 0 Å². The summed E-state index contributed by atoms with van der Waals surface area (Å²) in [6.07, 6.45) is 15.3. The Bertz CT molecular complexity index is 914. The van der Waals surface area contributed by atoms with E-state index >= 15 is 0 Å². The Morgan fingerprint density at radius 3 is 1.86 bits per heavy atom. The Hall–Kier alpha value is -0.119. The van der Waals surface area contributed by atoms with Crippen molar-refractivity contribution in [3.05, 3.63) is 44.4 Å². The normalized spacial score (nSPS) is 15.5. The Morgan fingerprint density at radius 2 is 1.32 bits per heavy atom. The molecule has 1 aliphatic rings. The van der Waals surface area contributed by atoms with Gasteiger partial charge in [-0.3, -0.25) is 0 Å². The molecule has 5 heteroatoms. The number of hydrogen-bond donors (Lipinski definition) is 0. The van der Waals surface area contributed by atoms with Gasteiger partial charge in [-0.2, -0.15) is 0 Å². The second-order valence-electron chi connectivity index (χ2n) is 11.7. The van der Waals surface area contributed by atoms with Crippen LogP contribution in [-0.2, 0) is 17.8 Å². The van der Waals surface area contributed by atoms with Crippen LogP contribution in [-0.4, -0.2) is 12.9 Å². The van der Waals surface area contributed by atoms with Crippen molar-refractivity contribution in [2.75, 3.05) is 0 Å². The first-order chi connectivity index (χ1) is 16.7. The predicted molar refractivity (Wildman–Crippen MR) is 172 cm³/mol. The molecule has 0 saturated heterocycles. The summed E-state index contributed by atoms with van der Waals surface area (Å²) in [6.45, 7) is 18.9. The summed E-state index contributed by atoms with van der Waals surface area (Å²) in [6, 6.07) is 6.98. The number of unbranched alkanes of at least 4 members (excludes halogenated alkanes) is 4. The van der Waals surface area contributed by atoms with Crippen molar-refractivity contribution in [1.82, 2.24) is 0 Å². The topological polar surface area (TPSA) is 9.23 Å². The Labute approximate surface area is 250 Å². The van der Waals surface area contributed by atoms with E-state index in [0.29, 0.717) is 5.92 Å². The van der Waals surface area contributed by atoms with Crippen LogP contribution in [0.1, 0.15) is 110 Å². The fraction of sp³-hybridized carbons (Fsp3) is 0.656. The van der Waals surface area contributed by atoms with E-state index in [0.717, 1.165) is 5.75 Å². The van der Waals surface area contributed by atoms with Crippen molar-refractivity contribution in [2.24, 2.45) is 5.92 Å². The van der Waals surface area contributed by atoms with Crippen LogP contribution in [0, 0.1) is 12.8 Å². The van der Waals surface area contributed by atoms with Crippen molar-refractivity contribution >= 4 is 42.9 Å². The first-order valence-corrected chi connectivity index (χ1v) is 20.6. The fourth-order valence-corrected chi connectivity index (χ4v) is 9.57. The van der Waals surface area contributed by atoms with Crippen LogP contribution in [0.3, 0.4) is 0 Å². The van der Waals surface area contributed by atoms with Gasteiger partial charge in [-0.05, 0) is 0 Å². The van der Waals surface area contributed by atoms with Gasteiger partial charge in [0, 0.05) is 0 Å². The third-order valence-corrected chi connectivity index (χ3v) is 12.2. The summed E-state index contributed by atoms with van der Waals surface area (Å²) in [5.41, 5.74) is 6.56. The van der Waals surface area contributed by atoms with E-state index in [1.54, 1.807) is 20.6 Å². The second kappa shape index (κ2) is 18.3. The molecule has 2 rings (SSSR count). The van der Waals surface area contributed by atoms with E-state index < -0.39 is 25.9 Å². The molecular formula is C32H56Cl2OSiTi. The maximum atomic E-state index is 6.93. The summed E-state index contributed by atoms with van der Waals surface area (Å²) >= 11 is -2.16. The van der Waals surface area contributed by atoms with E-state index in [4.69, 9.17) is 8.14 Å². The molecule has 1 nitrogen and oxygen atoms in total. The third-order valence-electron chi connectivity index (χ3n) is 7.51. The minimum atomic E-state index is -2.16. The predicted octanol–water partition coefficient (Wildman–Crippen LogP) is 10.7. The molecule has 0 radical (unpaired) electrons. The number of benzene rings is 1. The quantitative estimate of drug-likeness (QED) is 0.171. The molecule has 1 aromatic rings. The average molecular weight is 604 g/mol. The van der Waals surface area contributed by atoms with Crippen LogP contribution < -0.4 is 8.51 Å². The Balaban J connectivity index is 0.00000648. The molecule has 37 heavy (non-hydrogen) atoms. The van der Waals surface area contributed by atoms with E-state index in [1.165, 1.54) is 87.8 Å². The standard InChI is InChI=1S/C21H37.C10H16OSi.CH2.2ClH.Ti/c1-5-9-13-18-17-19(14-10-6-2)21(16-12-8-4)20(18)15-11-7-3;1-8-5-9(11)7-10(6-8)12(2,3)4;;;;/h18H,5-16H2,1-4H3;5-7,11H,1-4H3;1H2;2*1H;/q;;;;;+1/p-1. The molecule has 0 fully saturated rings. The monoisotopic (exact) mass is 602 g/mol. The van der Waals surface area contributed by atoms with Crippen LogP contribution in [0.2, 0.25) is 19.6 Å². The molecule has 1 atom stereocenters. The molecule has 0 aliphatic heterocycles. The number of halogens is 2.